The maximum Gasteiger partial charge on any atom is 0.264 e. The Balaban J connectivity index is 2.20. The zero-order valence-corrected chi connectivity index (χ0v) is 13.5. The third-order valence-corrected chi connectivity index (χ3v) is 4.60. The number of rotatable bonds is 2. The summed E-state index contributed by atoms with van der Waals surface area (Å²) >= 11 is 1.43. The number of aliphatic hydroxyl groups excluding tert-OH is 1. The van der Waals surface area contributed by atoms with Crippen LogP contribution in [0.1, 0.15) is 40.4 Å². The SMILES string of the molecule is Cc1cc(C(=O)N2CCOCC2(C)C)sc1C#CCCO. The molecule has 1 aromatic heterocycles. The van der Waals surface area contributed by atoms with Gasteiger partial charge >= 0.3 is 0 Å². The van der Waals surface area contributed by atoms with Crippen LogP contribution in [0.3, 0.4) is 0 Å². The van der Waals surface area contributed by atoms with Crippen LogP contribution < -0.4 is 0 Å². The first-order chi connectivity index (χ1) is 9.95. The summed E-state index contributed by atoms with van der Waals surface area (Å²) in [7, 11) is 0. The van der Waals surface area contributed by atoms with Crippen LogP contribution in [-0.2, 0) is 4.74 Å². The van der Waals surface area contributed by atoms with Crippen LogP contribution in [-0.4, -0.2) is 47.8 Å². The number of aliphatic hydroxyl groups is 1. The van der Waals surface area contributed by atoms with Crippen molar-refractivity contribution < 1.29 is 14.6 Å². The lowest BCUT2D eigenvalue weighted by atomic mass is 10.0. The molecule has 0 saturated carbocycles. The highest BCUT2D eigenvalue weighted by atomic mass is 32.1. The number of hydrogen-bond donors (Lipinski definition) is 1. The number of nitrogens with zero attached hydrogens (tertiary/aromatic N) is 1. The molecule has 1 fully saturated rings. The molecule has 4 nitrogen and oxygen atoms in total. The summed E-state index contributed by atoms with van der Waals surface area (Å²) in [5.41, 5.74) is 0.732. The third kappa shape index (κ3) is 3.65. The van der Waals surface area contributed by atoms with Gasteiger partial charge in [-0.1, -0.05) is 11.8 Å². The molecule has 0 radical (unpaired) electrons. The van der Waals surface area contributed by atoms with Crippen molar-refractivity contribution in [1.82, 2.24) is 4.90 Å². The first-order valence-electron chi connectivity index (χ1n) is 7.05. The van der Waals surface area contributed by atoms with E-state index in [1.807, 2.05) is 31.7 Å². The molecule has 0 aromatic carbocycles. The van der Waals surface area contributed by atoms with E-state index in [9.17, 15) is 4.79 Å². The van der Waals surface area contributed by atoms with E-state index >= 15 is 0 Å². The van der Waals surface area contributed by atoms with Gasteiger partial charge in [-0.3, -0.25) is 4.79 Å². The standard InChI is InChI=1S/C16H21NO3S/c1-12-10-14(21-13(12)6-4-5-8-18)15(19)17-7-9-20-11-16(17,2)3/h10,18H,5,7-9,11H2,1-3H3. The fourth-order valence-electron chi connectivity index (χ4n) is 2.28. The summed E-state index contributed by atoms with van der Waals surface area (Å²) in [6.45, 7) is 7.83. The molecule has 1 aliphatic heterocycles. The average molecular weight is 307 g/mol. The zero-order chi connectivity index (χ0) is 15.5. The van der Waals surface area contributed by atoms with Gasteiger partial charge in [0.25, 0.3) is 5.91 Å². The first-order valence-corrected chi connectivity index (χ1v) is 7.87. The van der Waals surface area contributed by atoms with E-state index in [0.29, 0.717) is 26.2 Å². The van der Waals surface area contributed by atoms with Crippen molar-refractivity contribution in [2.45, 2.75) is 32.7 Å². The molecule has 0 aliphatic carbocycles. The van der Waals surface area contributed by atoms with Crippen LogP contribution in [0.15, 0.2) is 6.07 Å². The number of carbonyl (C=O) groups excluding carboxylic acids is 1. The molecule has 0 bridgehead atoms. The van der Waals surface area contributed by atoms with Crippen LogP contribution in [0.5, 0.6) is 0 Å². The van der Waals surface area contributed by atoms with E-state index in [2.05, 4.69) is 11.8 Å². The second-order valence-corrected chi connectivity index (χ2v) is 6.77. The lowest BCUT2D eigenvalue weighted by Crippen LogP contribution is -2.55. The zero-order valence-electron chi connectivity index (χ0n) is 12.7. The first kappa shape index (κ1) is 16.0. The maximum atomic E-state index is 12.7. The molecule has 21 heavy (non-hydrogen) atoms. The average Bonchev–Trinajstić information content (AvgIpc) is 2.79. The van der Waals surface area contributed by atoms with Gasteiger partial charge in [-0.15, -0.1) is 11.3 Å². The van der Waals surface area contributed by atoms with Gasteiger partial charge in [-0.25, -0.2) is 0 Å². The van der Waals surface area contributed by atoms with Crippen molar-refractivity contribution in [3.8, 4) is 11.8 Å². The van der Waals surface area contributed by atoms with Crippen molar-refractivity contribution in [3.05, 3.63) is 21.4 Å². The van der Waals surface area contributed by atoms with Crippen LogP contribution in [0, 0.1) is 18.8 Å². The molecule has 1 aromatic rings. The summed E-state index contributed by atoms with van der Waals surface area (Å²) in [5.74, 6) is 5.98. The van der Waals surface area contributed by atoms with Crippen molar-refractivity contribution in [1.29, 1.82) is 0 Å². The Bertz CT molecular complexity index is 580. The lowest BCUT2D eigenvalue weighted by molar-refractivity contribution is -0.0368. The van der Waals surface area contributed by atoms with Gasteiger partial charge < -0.3 is 14.7 Å². The number of amides is 1. The second kappa shape index (κ2) is 6.61. The number of aryl methyl sites for hydroxylation is 1. The van der Waals surface area contributed by atoms with E-state index < -0.39 is 0 Å². The van der Waals surface area contributed by atoms with Crippen molar-refractivity contribution in [3.63, 3.8) is 0 Å². The highest BCUT2D eigenvalue weighted by Gasteiger charge is 2.35. The number of thiophene rings is 1. The molecule has 2 rings (SSSR count). The van der Waals surface area contributed by atoms with Gasteiger partial charge in [0.15, 0.2) is 0 Å². The summed E-state index contributed by atoms with van der Waals surface area (Å²) in [5, 5.41) is 8.76. The lowest BCUT2D eigenvalue weighted by Gasteiger charge is -2.41. The smallest absolute Gasteiger partial charge is 0.264 e. The Hall–Kier alpha value is -1.35. The summed E-state index contributed by atoms with van der Waals surface area (Å²) in [6, 6.07) is 1.90. The van der Waals surface area contributed by atoms with Crippen LogP contribution in [0.4, 0.5) is 0 Å². The minimum absolute atomic E-state index is 0.0478. The predicted molar refractivity (Wildman–Crippen MR) is 83.6 cm³/mol. The van der Waals surface area contributed by atoms with Gasteiger partial charge in [0.2, 0.25) is 0 Å². The quantitative estimate of drug-likeness (QED) is 0.851. The van der Waals surface area contributed by atoms with Gasteiger partial charge in [0.1, 0.15) is 0 Å². The predicted octanol–water partition coefficient (Wildman–Crippen LogP) is 2.04. The van der Waals surface area contributed by atoms with Crippen molar-refractivity contribution >= 4 is 17.2 Å². The number of hydrogen-bond acceptors (Lipinski definition) is 4. The van der Waals surface area contributed by atoms with Gasteiger partial charge in [-0.2, -0.15) is 0 Å². The molecular formula is C16H21NO3S. The summed E-state index contributed by atoms with van der Waals surface area (Å²) < 4.78 is 5.46. The second-order valence-electron chi connectivity index (χ2n) is 5.72. The Labute approximate surface area is 129 Å². The molecule has 0 atom stereocenters. The van der Waals surface area contributed by atoms with Gasteiger partial charge in [0, 0.05) is 13.0 Å². The molecular weight excluding hydrogens is 286 g/mol. The highest BCUT2D eigenvalue weighted by Crippen LogP contribution is 2.27. The molecule has 1 aliphatic rings. The molecule has 0 spiro atoms. The van der Waals surface area contributed by atoms with E-state index in [4.69, 9.17) is 9.84 Å². The van der Waals surface area contributed by atoms with E-state index in [0.717, 1.165) is 15.3 Å². The van der Waals surface area contributed by atoms with Crippen LogP contribution in [0.2, 0.25) is 0 Å². The minimum atomic E-state index is -0.282. The van der Waals surface area contributed by atoms with E-state index in [-0.39, 0.29) is 18.1 Å². The fourth-order valence-corrected chi connectivity index (χ4v) is 3.27. The maximum absolute atomic E-state index is 12.7. The number of ether oxygens (including phenoxy) is 1. The number of morpholine rings is 1. The molecule has 0 unspecified atom stereocenters. The molecule has 1 saturated heterocycles. The molecule has 1 amide bonds. The van der Waals surface area contributed by atoms with Crippen molar-refractivity contribution in [2.75, 3.05) is 26.4 Å². The van der Waals surface area contributed by atoms with E-state index in [1.54, 1.807) is 0 Å². The Morgan fingerprint density at radius 3 is 3.00 bits per heavy atom. The van der Waals surface area contributed by atoms with Gasteiger partial charge in [-0.05, 0) is 32.4 Å². The Morgan fingerprint density at radius 2 is 2.33 bits per heavy atom. The molecule has 2 heterocycles. The Morgan fingerprint density at radius 1 is 1.57 bits per heavy atom. The summed E-state index contributed by atoms with van der Waals surface area (Å²) in [6.07, 6.45) is 0.455. The summed E-state index contributed by atoms with van der Waals surface area (Å²) in [4.78, 5) is 16.2. The normalized spacial score (nSPS) is 17.2. The minimum Gasteiger partial charge on any atom is -0.395 e. The fraction of sp³-hybridized carbons (Fsp3) is 0.562. The number of carbonyl (C=O) groups is 1. The topological polar surface area (TPSA) is 49.8 Å². The molecule has 1 N–H and O–H groups in total. The Kier molecular flexibility index (Phi) is 5.04. The van der Waals surface area contributed by atoms with Crippen molar-refractivity contribution in [2.24, 2.45) is 0 Å². The third-order valence-electron chi connectivity index (χ3n) is 3.46. The largest absolute Gasteiger partial charge is 0.395 e. The molecule has 5 heteroatoms. The van der Waals surface area contributed by atoms with Crippen LogP contribution >= 0.6 is 11.3 Å². The van der Waals surface area contributed by atoms with Crippen LogP contribution in [0.25, 0.3) is 0 Å². The highest BCUT2D eigenvalue weighted by molar-refractivity contribution is 7.14. The monoisotopic (exact) mass is 307 g/mol. The molecule has 114 valence electrons. The van der Waals surface area contributed by atoms with Gasteiger partial charge in [0.05, 0.1) is 35.1 Å². The van der Waals surface area contributed by atoms with E-state index in [1.165, 1.54) is 11.3 Å².